The molecule has 0 fully saturated rings. The average Bonchev–Trinajstić information content (AvgIpc) is 3.13. The first-order valence-corrected chi connectivity index (χ1v) is 37.6. The summed E-state index contributed by atoms with van der Waals surface area (Å²) in [5, 5.41) is 3.79. The van der Waals surface area contributed by atoms with Gasteiger partial charge in [0.15, 0.2) is 0 Å². The van der Waals surface area contributed by atoms with Gasteiger partial charge in [0.2, 0.25) is 0 Å². The van der Waals surface area contributed by atoms with Crippen LogP contribution in [0.15, 0.2) is 188 Å². The number of nitrogens with zero attached hydrogens (tertiary/aromatic N) is 6. The van der Waals surface area contributed by atoms with Crippen LogP contribution in [0.1, 0.15) is 101 Å². The van der Waals surface area contributed by atoms with E-state index >= 15 is 0 Å². The molecule has 11 aromatic rings. The zero-order valence-corrected chi connectivity index (χ0v) is 50.2. The minimum absolute atomic E-state index is 0.581. The van der Waals surface area contributed by atoms with E-state index in [-0.39, 0.29) is 0 Å². The third kappa shape index (κ3) is 8.92. The second-order valence-corrected chi connectivity index (χ2v) is 39.6. The second-order valence-electron chi connectivity index (χ2n) is 23.6. The predicted octanol–water partition coefficient (Wildman–Crippen LogP) is 14.9. The third-order valence-electron chi connectivity index (χ3n) is 19.1. The van der Waals surface area contributed by atoms with Gasteiger partial charge in [0.05, 0.1) is 0 Å². The molecule has 2 N–H and O–H groups in total. The van der Waals surface area contributed by atoms with Crippen LogP contribution in [0.4, 0.5) is 0 Å². The molecule has 9 heteroatoms. The van der Waals surface area contributed by atoms with E-state index in [1.807, 2.05) is 30.3 Å². The molecule has 81 heavy (non-hydrogen) atoms. The summed E-state index contributed by atoms with van der Waals surface area (Å²) in [6.45, 7) is 9.14. The van der Waals surface area contributed by atoms with Crippen molar-refractivity contribution in [3.8, 4) is 45.6 Å². The normalized spacial score (nSPS) is 12.3. The Morgan fingerprint density at radius 1 is 0.284 bits per heavy atom. The first-order chi connectivity index (χ1) is 39.9. The molecule has 3 aromatic heterocycles. The van der Waals surface area contributed by atoms with Crippen LogP contribution in [0.5, 0.6) is 0 Å². The summed E-state index contributed by atoms with van der Waals surface area (Å²) < 4.78 is 6.84. The van der Waals surface area contributed by atoms with Crippen molar-refractivity contribution in [1.29, 1.82) is 0 Å². The van der Waals surface area contributed by atoms with Crippen LogP contribution < -0.4 is 20.8 Å². The number of rotatable bonds is 17. The summed E-state index contributed by atoms with van der Waals surface area (Å²) >= 11 is -5.77. The molecule has 13 rings (SSSR count). The monoisotopic (exact) mass is 1110 g/mol. The van der Waals surface area contributed by atoms with Gasteiger partial charge in [-0.15, -0.1) is 0 Å². The Morgan fingerprint density at radius 2 is 0.556 bits per heavy atom. The summed E-state index contributed by atoms with van der Waals surface area (Å²) in [6.07, 6.45) is 13.4. The van der Waals surface area contributed by atoms with Crippen LogP contribution in [-0.2, 0) is 39.3 Å². The average molecular weight is 1110 g/mol. The Morgan fingerprint density at radius 3 is 0.864 bits per heavy atom. The van der Waals surface area contributed by atoms with Crippen LogP contribution in [0, 0.1) is 0 Å². The van der Waals surface area contributed by atoms with Crippen LogP contribution in [0.3, 0.4) is 0 Å². The van der Waals surface area contributed by atoms with Crippen LogP contribution in [0.2, 0.25) is 0 Å². The number of hydrogen-bond donors (Lipinski definition) is 2. The second kappa shape index (κ2) is 22.0. The molecule has 399 valence electrons. The minimum atomic E-state index is -5.77. The van der Waals surface area contributed by atoms with Gasteiger partial charge in [-0.25, -0.2) is 0 Å². The number of fused-ring (bicyclic) bond motifs is 20. The summed E-state index contributed by atoms with van der Waals surface area (Å²) in [5.74, 6) is 2.33. The molecule has 0 spiro atoms. The molecule has 0 saturated carbocycles. The van der Waals surface area contributed by atoms with E-state index in [0.29, 0.717) is 45.9 Å². The Labute approximate surface area is 476 Å². The number of hydrogen-bond acceptors (Lipinski definition) is 6. The van der Waals surface area contributed by atoms with E-state index in [1.54, 1.807) is 0 Å². The van der Waals surface area contributed by atoms with Gasteiger partial charge in [-0.05, 0) is 0 Å². The number of H-pyrrole nitrogens is 2. The van der Waals surface area contributed by atoms with E-state index < -0.39 is 13.6 Å². The summed E-state index contributed by atoms with van der Waals surface area (Å²) in [7, 11) is 0. The molecule has 5 heterocycles. The SMILES string of the molecule is CCCCc1cc[c]([Zn]([c]2ccc(CCCC)cc2)([c]2ccc(CCCC)cc2)([c]2ccc(CCCC)cc2)[c]2ccc3c4nc5nc(nc6[nH]c(nc7nc(nc([nH]4)c3c2)-c2ccccc2-7)c2ccccc62)-c2ccccc2-5)cc1. The van der Waals surface area contributed by atoms with Crippen molar-refractivity contribution < 1.29 is 13.6 Å². The molecular weight excluding hydrogens is 1040 g/mol. The first-order valence-electron chi connectivity index (χ1n) is 30.2. The Kier molecular flexibility index (Phi) is 14.2. The third-order valence-corrected chi connectivity index (χ3v) is 41.1. The van der Waals surface area contributed by atoms with E-state index in [1.165, 1.54) is 43.0 Å². The van der Waals surface area contributed by atoms with E-state index in [2.05, 4.69) is 195 Å². The number of aryl methyl sites for hydroxylation is 4. The predicted molar refractivity (Wildman–Crippen MR) is 334 cm³/mol. The van der Waals surface area contributed by atoms with E-state index in [0.717, 1.165) is 121 Å². The fourth-order valence-electron chi connectivity index (χ4n) is 14.7. The van der Waals surface area contributed by atoms with Crippen molar-refractivity contribution in [1.82, 2.24) is 39.9 Å². The summed E-state index contributed by atoms with van der Waals surface area (Å²) in [5.41, 5.74) is 11.8. The Hall–Kier alpha value is -8.26. The maximum atomic E-state index is 5.64. The van der Waals surface area contributed by atoms with Crippen LogP contribution in [0.25, 0.3) is 89.7 Å². The van der Waals surface area contributed by atoms with Gasteiger partial charge < -0.3 is 0 Å². The molecule has 0 saturated heterocycles. The van der Waals surface area contributed by atoms with Gasteiger partial charge >= 0.3 is 461 Å². The Bertz CT molecular complexity index is 4070. The fraction of sp³-hybridized carbons (Fsp3) is 0.222. The molecule has 2 aliphatic heterocycles. The van der Waals surface area contributed by atoms with E-state index in [9.17, 15) is 0 Å². The van der Waals surface area contributed by atoms with Gasteiger partial charge in [0, 0.05) is 0 Å². The van der Waals surface area contributed by atoms with Crippen molar-refractivity contribution in [2.24, 2.45) is 0 Å². The molecular formula is C72H69N8Zn. The first kappa shape index (κ1) is 52.1. The van der Waals surface area contributed by atoms with Crippen molar-refractivity contribution in [2.75, 3.05) is 0 Å². The van der Waals surface area contributed by atoms with Gasteiger partial charge in [-0.2, -0.15) is 0 Å². The van der Waals surface area contributed by atoms with Gasteiger partial charge in [-0.3, -0.25) is 0 Å². The van der Waals surface area contributed by atoms with Gasteiger partial charge in [0.1, 0.15) is 0 Å². The Balaban J connectivity index is 1.19. The van der Waals surface area contributed by atoms with E-state index in [4.69, 9.17) is 29.9 Å². The fourth-order valence-corrected chi connectivity index (χ4v) is 37.0. The zero-order chi connectivity index (χ0) is 54.9. The van der Waals surface area contributed by atoms with Gasteiger partial charge in [-0.1, -0.05) is 18.2 Å². The molecule has 0 unspecified atom stereocenters. The molecule has 0 atom stereocenters. The standard InChI is InChI=1S/C32H17N8.4C10H13.Zn/c1-2-10-18-17(9-1)25-33-26(18)38-28-21-13-5-6-14-22(21)30(35-28)40-32-24-16-8-7-15-23(24)31(36-32)39-29-20-12-4-3-11-19(20)27(34-29)37-25;4*1-2-3-7-10-8-5-4-6-9-10;/h1-7,9-16H,(H2,33,34,35,36,37,38,39,40);4*5-6,8-9H,2-3,7H2,1H3;. The zero-order valence-electron chi connectivity index (χ0n) is 47.3. The van der Waals surface area contributed by atoms with Crippen molar-refractivity contribution >= 4 is 64.9 Å². The number of aromatic amines is 2. The number of nitrogens with one attached hydrogen (secondary N) is 2. The van der Waals surface area contributed by atoms with Crippen molar-refractivity contribution in [2.45, 2.75) is 105 Å². The van der Waals surface area contributed by atoms with Crippen LogP contribution in [-0.4, -0.2) is 39.9 Å². The number of benzene rings is 8. The van der Waals surface area contributed by atoms with Crippen molar-refractivity contribution in [3.05, 3.63) is 210 Å². The van der Waals surface area contributed by atoms with Gasteiger partial charge in [0.25, 0.3) is 0 Å². The maximum absolute atomic E-state index is 5.77. The molecule has 0 radical (unpaired) electrons. The summed E-state index contributed by atoms with van der Waals surface area (Å²) in [6, 6.07) is 71.8. The molecule has 8 aromatic carbocycles. The molecule has 8 nitrogen and oxygen atoms in total. The quantitative estimate of drug-likeness (QED) is 0.0879. The molecule has 0 aliphatic carbocycles. The molecule has 0 amide bonds. The topological polar surface area (TPSA) is 109 Å². The van der Waals surface area contributed by atoms with Crippen molar-refractivity contribution in [3.63, 3.8) is 0 Å². The molecule has 8 bridgehead atoms. The number of unbranched alkanes of at least 4 members (excludes halogenated alkanes) is 4. The number of aromatic nitrogens is 8. The van der Waals surface area contributed by atoms with Crippen LogP contribution >= 0.6 is 0 Å². The summed E-state index contributed by atoms with van der Waals surface area (Å²) in [4.78, 5) is 39.7. The molecule has 2 aliphatic rings.